The van der Waals surface area contributed by atoms with E-state index in [2.05, 4.69) is 15.6 Å². The van der Waals surface area contributed by atoms with Crippen molar-refractivity contribution < 1.29 is 19.1 Å². The Balaban J connectivity index is 1.49. The van der Waals surface area contributed by atoms with Crippen LogP contribution in [0.1, 0.15) is 23.2 Å². The average Bonchev–Trinajstić information content (AvgIpc) is 3.35. The highest BCUT2D eigenvalue weighted by Crippen LogP contribution is 2.27. The zero-order chi connectivity index (χ0) is 22.3. The van der Waals surface area contributed by atoms with Gasteiger partial charge in [0.15, 0.2) is 0 Å². The molecule has 1 aromatic heterocycles. The van der Waals surface area contributed by atoms with Crippen LogP contribution < -0.4 is 15.4 Å². The number of aromatic nitrogens is 1. The molecule has 1 atom stereocenters. The van der Waals surface area contributed by atoms with Crippen molar-refractivity contribution in [3.8, 4) is 5.75 Å². The molecule has 1 aliphatic heterocycles. The number of amides is 2. The van der Waals surface area contributed by atoms with E-state index in [0.717, 1.165) is 24.8 Å². The van der Waals surface area contributed by atoms with Crippen LogP contribution in [0.15, 0.2) is 59.6 Å². The van der Waals surface area contributed by atoms with E-state index < -0.39 is 0 Å². The van der Waals surface area contributed by atoms with Gasteiger partial charge in [0.05, 0.1) is 40.8 Å². The Morgan fingerprint density at radius 3 is 2.81 bits per heavy atom. The molecule has 1 aliphatic rings. The maximum Gasteiger partial charge on any atom is 0.256 e. The van der Waals surface area contributed by atoms with Crippen molar-refractivity contribution in [2.24, 2.45) is 0 Å². The van der Waals surface area contributed by atoms with Crippen molar-refractivity contribution in [1.29, 1.82) is 0 Å². The fourth-order valence-corrected chi connectivity index (χ4v) is 4.32. The molecule has 0 aliphatic carbocycles. The van der Waals surface area contributed by atoms with Crippen molar-refractivity contribution in [2.75, 3.05) is 31.3 Å². The summed E-state index contributed by atoms with van der Waals surface area (Å²) in [5.74, 6) is 0.445. The summed E-state index contributed by atoms with van der Waals surface area (Å²) in [6.45, 7) is 1.28. The van der Waals surface area contributed by atoms with Crippen LogP contribution in [0.4, 0.5) is 5.69 Å². The fraction of sp³-hybridized carbons (Fsp3) is 0.292. The van der Waals surface area contributed by atoms with Crippen molar-refractivity contribution in [2.45, 2.75) is 24.0 Å². The fourth-order valence-electron chi connectivity index (χ4n) is 3.57. The minimum atomic E-state index is -0.266. The molecule has 8 heteroatoms. The van der Waals surface area contributed by atoms with E-state index in [0.29, 0.717) is 34.1 Å². The molecule has 1 saturated heterocycles. The lowest BCUT2D eigenvalue weighted by Crippen LogP contribution is -2.32. The molecule has 0 saturated carbocycles. The summed E-state index contributed by atoms with van der Waals surface area (Å²) in [6, 6.07) is 16.4. The summed E-state index contributed by atoms with van der Waals surface area (Å²) in [7, 11) is 1.56. The Morgan fingerprint density at radius 2 is 2.00 bits per heavy atom. The molecule has 3 aromatic rings. The van der Waals surface area contributed by atoms with Gasteiger partial charge in [-0.3, -0.25) is 9.59 Å². The van der Waals surface area contributed by atoms with Crippen LogP contribution in [0, 0.1) is 0 Å². The van der Waals surface area contributed by atoms with Crippen LogP contribution in [0.3, 0.4) is 0 Å². The molecule has 2 heterocycles. The number of nitrogens with zero attached hydrogens (tertiary/aromatic N) is 1. The maximum atomic E-state index is 13.1. The molecule has 166 valence electrons. The third kappa shape index (κ3) is 5.38. The van der Waals surface area contributed by atoms with Gasteiger partial charge in [-0.05, 0) is 37.1 Å². The second-order valence-corrected chi connectivity index (χ2v) is 8.40. The predicted molar refractivity (Wildman–Crippen MR) is 125 cm³/mol. The van der Waals surface area contributed by atoms with Gasteiger partial charge in [-0.25, -0.2) is 4.98 Å². The molecule has 1 fully saturated rings. The first-order valence-electron chi connectivity index (χ1n) is 10.5. The minimum Gasteiger partial charge on any atom is -0.495 e. The van der Waals surface area contributed by atoms with Crippen molar-refractivity contribution in [3.63, 3.8) is 0 Å². The van der Waals surface area contributed by atoms with Crippen LogP contribution in [0.5, 0.6) is 5.75 Å². The van der Waals surface area contributed by atoms with Crippen LogP contribution in [-0.4, -0.2) is 48.9 Å². The van der Waals surface area contributed by atoms with E-state index in [9.17, 15) is 9.59 Å². The topological polar surface area (TPSA) is 89.5 Å². The molecular formula is C24H25N3O4S. The smallest absolute Gasteiger partial charge is 0.256 e. The van der Waals surface area contributed by atoms with Crippen molar-refractivity contribution >= 4 is 40.2 Å². The lowest BCUT2D eigenvalue weighted by Gasteiger charge is -2.13. The number of benzene rings is 2. The number of nitrogens with one attached hydrogen (secondary N) is 2. The number of rotatable bonds is 8. The standard InChI is InChI=1S/C24H25N3O4S/c1-30-21-11-5-4-10-20(21)27-24(29)18-13-23(26-19-9-3-2-8-17(18)19)32-15-22(28)25-14-16-7-6-12-31-16/h2-5,8-11,13,16H,6-7,12,14-15H2,1H3,(H,25,28)(H,27,29)/t16-/m0/s1. The normalized spacial score (nSPS) is 15.5. The number of hydrogen-bond donors (Lipinski definition) is 2. The number of para-hydroxylation sites is 3. The number of ether oxygens (including phenoxy) is 2. The predicted octanol–water partition coefficient (Wildman–Crippen LogP) is 3.88. The molecule has 0 unspecified atom stereocenters. The summed E-state index contributed by atoms with van der Waals surface area (Å²) in [6.07, 6.45) is 2.12. The van der Waals surface area contributed by atoms with Gasteiger partial charge in [0.25, 0.3) is 5.91 Å². The first-order chi connectivity index (χ1) is 15.6. The third-order valence-electron chi connectivity index (χ3n) is 5.19. The number of carbonyl (C=O) groups excluding carboxylic acids is 2. The average molecular weight is 452 g/mol. The first-order valence-corrected chi connectivity index (χ1v) is 11.5. The van der Waals surface area contributed by atoms with Crippen LogP contribution in [-0.2, 0) is 9.53 Å². The Kier molecular flexibility index (Phi) is 7.24. The number of hydrogen-bond acceptors (Lipinski definition) is 6. The number of carbonyl (C=O) groups is 2. The Labute approximate surface area is 190 Å². The highest BCUT2D eigenvalue weighted by molar-refractivity contribution is 7.99. The van der Waals surface area contributed by atoms with Crippen molar-refractivity contribution in [1.82, 2.24) is 10.3 Å². The number of fused-ring (bicyclic) bond motifs is 1. The van der Waals surface area contributed by atoms with E-state index in [1.165, 1.54) is 11.8 Å². The van der Waals surface area contributed by atoms with Gasteiger partial charge in [-0.2, -0.15) is 0 Å². The van der Waals surface area contributed by atoms with Gasteiger partial charge >= 0.3 is 0 Å². The molecule has 2 amide bonds. The van der Waals surface area contributed by atoms with E-state index in [1.54, 1.807) is 25.3 Å². The third-order valence-corrected chi connectivity index (χ3v) is 6.11. The summed E-state index contributed by atoms with van der Waals surface area (Å²) < 4.78 is 10.9. The van der Waals surface area contributed by atoms with Gasteiger partial charge in [-0.15, -0.1) is 0 Å². The van der Waals surface area contributed by atoms with E-state index >= 15 is 0 Å². The van der Waals surface area contributed by atoms with Gasteiger partial charge < -0.3 is 20.1 Å². The summed E-state index contributed by atoms with van der Waals surface area (Å²) in [5, 5.41) is 7.18. The molecule has 32 heavy (non-hydrogen) atoms. The quantitative estimate of drug-likeness (QED) is 0.505. The highest BCUT2D eigenvalue weighted by Gasteiger charge is 2.18. The van der Waals surface area contributed by atoms with E-state index in [4.69, 9.17) is 9.47 Å². The van der Waals surface area contributed by atoms with Gasteiger partial charge in [0, 0.05) is 18.5 Å². The van der Waals surface area contributed by atoms with Crippen LogP contribution >= 0.6 is 11.8 Å². The Morgan fingerprint density at radius 1 is 1.19 bits per heavy atom. The van der Waals surface area contributed by atoms with Crippen molar-refractivity contribution in [3.05, 3.63) is 60.2 Å². The molecule has 2 N–H and O–H groups in total. The molecule has 0 spiro atoms. The lowest BCUT2D eigenvalue weighted by molar-refractivity contribution is -0.119. The largest absolute Gasteiger partial charge is 0.495 e. The monoisotopic (exact) mass is 451 g/mol. The number of methoxy groups -OCH3 is 1. The Bertz CT molecular complexity index is 1120. The molecule has 2 aromatic carbocycles. The number of pyridine rings is 1. The van der Waals surface area contributed by atoms with Gasteiger partial charge in [0.1, 0.15) is 5.75 Å². The van der Waals surface area contributed by atoms with Gasteiger partial charge in [0.2, 0.25) is 5.91 Å². The molecule has 7 nitrogen and oxygen atoms in total. The summed E-state index contributed by atoms with van der Waals surface area (Å²) in [5.41, 5.74) is 1.77. The first kappa shape index (κ1) is 22.1. The molecule has 0 radical (unpaired) electrons. The number of thioether (sulfide) groups is 1. The Hall–Kier alpha value is -3.10. The summed E-state index contributed by atoms with van der Waals surface area (Å²) >= 11 is 1.30. The molecule has 0 bridgehead atoms. The second kappa shape index (κ2) is 10.5. The minimum absolute atomic E-state index is 0.0829. The lowest BCUT2D eigenvalue weighted by atomic mass is 10.1. The van der Waals surface area contributed by atoms with Crippen LogP contribution in [0.25, 0.3) is 10.9 Å². The summed E-state index contributed by atoms with van der Waals surface area (Å²) in [4.78, 5) is 30.0. The number of anilines is 1. The zero-order valence-electron chi connectivity index (χ0n) is 17.8. The molecule has 4 rings (SSSR count). The van der Waals surface area contributed by atoms with Gasteiger partial charge in [-0.1, -0.05) is 42.1 Å². The highest BCUT2D eigenvalue weighted by atomic mass is 32.2. The maximum absolute atomic E-state index is 13.1. The zero-order valence-corrected chi connectivity index (χ0v) is 18.6. The second-order valence-electron chi connectivity index (χ2n) is 7.41. The molecular weight excluding hydrogens is 426 g/mol. The van der Waals surface area contributed by atoms with E-state index in [1.807, 2.05) is 36.4 Å². The van der Waals surface area contributed by atoms with Crippen LogP contribution in [0.2, 0.25) is 0 Å². The SMILES string of the molecule is COc1ccccc1NC(=O)c1cc(SCC(=O)NC[C@@H]2CCCO2)nc2ccccc12. The van der Waals surface area contributed by atoms with E-state index in [-0.39, 0.29) is 23.7 Å².